The van der Waals surface area contributed by atoms with Gasteiger partial charge in [-0.05, 0) is 18.9 Å². The van der Waals surface area contributed by atoms with Gasteiger partial charge in [0.2, 0.25) is 11.6 Å². The van der Waals surface area contributed by atoms with Crippen LogP contribution in [0.5, 0.6) is 0 Å². The maximum atomic E-state index is 14.6. The monoisotopic (exact) mass is 368 g/mol. The summed E-state index contributed by atoms with van der Waals surface area (Å²) in [7, 11) is 0. The SMILES string of the molecule is [C-]#[N+]c1ccc(Cn2c(N3CCC[C@H](N)C3)nc3cc(F)cc(F)c32)nc1. The number of halogens is 2. The van der Waals surface area contributed by atoms with Crippen LogP contribution in [0.2, 0.25) is 0 Å². The smallest absolute Gasteiger partial charge is 0.207 e. The van der Waals surface area contributed by atoms with E-state index in [-0.39, 0.29) is 23.6 Å². The second-order valence-corrected chi connectivity index (χ2v) is 6.72. The van der Waals surface area contributed by atoms with Gasteiger partial charge in [-0.2, -0.15) is 0 Å². The van der Waals surface area contributed by atoms with Crippen molar-refractivity contribution in [3.63, 3.8) is 0 Å². The number of benzene rings is 1. The number of pyridine rings is 1. The van der Waals surface area contributed by atoms with Gasteiger partial charge >= 0.3 is 0 Å². The molecule has 138 valence electrons. The summed E-state index contributed by atoms with van der Waals surface area (Å²) in [6.07, 6.45) is 3.33. The third-order valence-electron chi connectivity index (χ3n) is 4.74. The third kappa shape index (κ3) is 3.34. The minimum absolute atomic E-state index is 0.0182. The molecule has 1 saturated heterocycles. The van der Waals surface area contributed by atoms with Gasteiger partial charge < -0.3 is 15.2 Å². The molecule has 0 unspecified atom stereocenters. The maximum Gasteiger partial charge on any atom is 0.207 e. The number of nitrogens with zero attached hydrogens (tertiary/aromatic N) is 5. The topological polar surface area (TPSA) is 64.3 Å². The van der Waals surface area contributed by atoms with E-state index in [9.17, 15) is 8.78 Å². The van der Waals surface area contributed by atoms with Crippen LogP contribution in [0.3, 0.4) is 0 Å². The van der Waals surface area contributed by atoms with Crippen LogP contribution in [-0.2, 0) is 6.54 Å². The highest BCUT2D eigenvalue weighted by Crippen LogP contribution is 2.28. The van der Waals surface area contributed by atoms with E-state index in [2.05, 4.69) is 14.8 Å². The molecule has 1 aliphatic rings. The van der Waals surface area contributed by atoms with Crippen LogP contribution in [0.4, 0.5) is 20.4 Å². The van der Waals surface area contributed by atoms with Gasteiger partial charge in [0.15, 0.2) is 5.82 Å². The van der Waals surface area contributed by atoms with Gasteiger partial charge in [-0.25, -0.2) is 18.6 Å². The quantitative estimate of drug-likeness (QED) is 0.721. The summed E-state index contributed by atoms with van der Waals surface area (Å²) in [5.41, 5.74) is 7.69. The number of aromatic nitrogens is 3. The summed E-state index contributed by atoms with van der Waals surface area (Å²) in [5.74, 6) is -0.769. The van der Waals surface area contributed by atoms with E-state index in [4.69, 9.17) is 12.3 Å². The van der Waals surface area contributed by atoms with E-state index >= 15 is 0 Å². The molecular weight excluding hydrogens is 350 g/mol. The van der Waals surface area contributed by atoms with Gasteiger partial charge in [-0.3, -0.25) is 4.98 Å². The normalized spacial score (nSPS) is 17.3. The fourth-order valence-corrected chi connectivity index (χ4v) is 3.49. The van der Waals surface area contributed by atoms with Crippen molar-refractivity contribution in [1.82, 2.24) is 14.5 Å². The lowest BCUT2D eigenvalue weighted by molar-refractivity contribution is 0.494. The number of fused-ring (bicyclic) bond motifs is 1. The third-order valence-corrected chi connectivity index (χ3v) is 4.74. The molecule has 0 amide bonds. The molecule has 0 radical (unpaired) electrons. The molecule has 3 aromatic rings. The Hall–Kier alpha value is -3.05. The second kappa shape index (κ2) is 6.93. The highest BCUT2D eigenvalue weighted by molar-refractivity contribution is 5.80. The van der Waals surface area contributed by atoms with E-state index in [1.54, 1.807) is 16.7 Å². The van der Waals surface area contributed by atoms with Crippen LogP contribution in [0.25, 0.3) is 15.9 Å². The van der Waals surface area contributed by atoms with Gasteiger partial charge in [-0.15, -0.1) is 0 Å². The molecular formula is C19H18F2N6. The molecule has 27 heavy (non-hydrogen) atoms. The first-order valence-corrected chi connectivity index (χ1v) is 8.73. The predicted octanol–water partition coefficient (Wildman–Crippen LogP) is 3.24. The first-order chi connectivity index (χ1) is 13.0. The summed E-state index contributed by atoms with van der Waals surface area (Å²) in [5, 5.41) is 0. The average molecular weight is 368 g/mol. The van der Waals surface area contributed by atoms with Gasteiger partial charge in [0.25, 0.3) is 0 Å². The van der Waals surface area contributed by atoms with Crippen molar-refractivity contribution >= 4 is 22.7 Å². The maximum absolute atomic E-state index is 14.6. The van der Waals surface area contributed by atoms with E-state index in [0.717, 1.165) is 25.5 Å². The minimum Gasteiger partial charge on any atom is -0.341 e. The highest BCUT2D eigenvalue weighted by Gasteiger charge is 2.24. The number of piperidine rings is 1. The Morgan fingerprint density at radius 3 is 2.85 bits per heavy atom. The Balaban J connectivity index is 1.82. The Morgan fingerprint density at radius 1 is 1.30 bits per heavy atom. The van der Waals surface area contributed by atoms with Crippen molar-refractivity contribution in [1.29, 1.82) is 0 Å². The molecule has 0 spiro atoms. The number of rotatable bonds is 3. The van der Waals surface area contributed by atoms with E-state index in [1.165, 1.54) is 12.3 Å². The molecule has 1 aliphatic heterocycles. The molecule has 2 N–H and O–H groups in total. The fourth-order valence-electron chi connectivity index (χ4n) is 3.49. The van der Waals surface area contributed by atoms with Crippen molar-refractivity contribution in [2.24, 2.45) is 5.73 Å². The summed E-state index contributed by atoms with van der Waals surface area (Å²) >= 11 is 0. The molecule has 8 heteroatoms. The Kier molecular flexibility index (Phi) is 4.46. The van der Waals surface area contributed by atoms with Crippen LogP contribution in [-0.4, -0.2) is 33.7 Å². The highest BCUT2D eigenvalue weighted by atomic mass is 19.1. The fraction of sp³-hybridized carbons (Fsp3) is 0.316. The van der Waals surface area contributed by atoms with Crippen molar-refractivity contribution in [2.75, 3.05) is 18.0 Å². The predicted molar refractivity (Wildman–Crippen MR) is 98.7 cm³/mol. The van der Waals surface area contributed by atoms with Crippen LogP contribution in [0.15, 0.2) is 30.5 Å². The van der Waals surface area contributed by atoms with Crippen molar-refractivity contribution in [3.8, 4) is 0 Å². The van der Waals surface area contributed by atoms with Crippen molar-refractivity contribution in [3.05, 3.63) is 59.2 Å². The Morgan fingerprint density at radius 2 is 2.15 bits per heavy atom. The van der Waals surface area contributed by atoms with Crippen LogP contribution < -0.4 is 10.6 Å². The minimum atomic E-state index is -0.664. The summed E-state index contributed by atoms with van der Waals surface area (Å²) in [6.45, 7) is 8.65. The zero-order valence-corrected chi connectivity index (χ0v) is 14.6. The molecule has 2 aromatic heterocycles. The Bertz CT molecular complexity index is 1020. The Labute approximate surface area is 155 Å². The van der Waals surface area contributed by atoms with Gasteiger partial charge in [-0.1, -0.05) is 6.07 Å². The van der Waals surface area contributed by atoms with E-state index < -0.39 is 11.6 Å². The lowest BCUT2D eigenvalue weighted by Gasteiger charge is -2.32. The van der Waals surface area contributed by atoms with Gasteiger partial charge in [0.05, 0.1) is 24.3 Å². The average Bonchev–Trinajstić information content (AvgIpc) is 3.01. The second-order valence-electron chi connectivity index (χ2n) is 6.72. The molecule has 4 rings (SSSR count). The van der Waals surface area contributed by atoms with E-state index in [0.29, 0.717) is 23.9 Å². The molecule has 6 nitrogen and oxygen atoms in total. The first-order valence-electron chi connectivity index (χ1n) is 8.73. The summed E-state index contributed by atoms with van der Waals surface area (Å²) < 4.78 is 30.0. The van der Waals surface area contributed by atoms with Crippen LogP contribution >= 0.6 is 0 Å². The number of nitrogens with two attached hydrogens (primary N) is 1. The largest absolute Gasteiger partial charge is 0.341 e. The molecule has 1 fully saturated rings. The standard InChI is InChI=1S/C19H18F2N6/c1-23-14-4-5-15(24-9-14)11-27-18-16(21)7-12(20)8-17(18)25-19(27)26-6-2-3-13(22)10-26/h4-5,7-9,13H,2-3,6,10-11,22H2/t13-/m0/s1. The van der Waals surface area contributed by atoms with Gasteiger partial charge in [0.1, 0.15) is 11.3 Å². The number of imidazole rings is 1. The lowest BCUT2D eigenvalue weighted by atomic mass is 10.1. The van der Waals surface area contributed by atoms with Crippen molar-refractivity contribution < 1.29 is 8.78 Å². The molecule has 3 heterocycles. The zero-order valence-electron chi connectivity index (χ0n) is 14.6. The number of hydrogen-bond acceptors (Lipinski definition) is 4. The first kappa shape index (κ1) is 17.4. The van der Waals surface area contributed by atoms with Gasteiger partial charge in [0, 0.05) is 37.5 Å². The molecule has 0 bridgehead atoms. The lowest BCUT2D eigenvalue weighted by Crippen LogP contribution is -2.44. The molecule has 0 saturated carbocycles. The molecule has 1 aromatic carbocycles. The summed E-state index contributed by atoms with van der Waals surface area (Å²) in [4.78, 5) is 14.1. The molecule has 1 atom stereocenters. The van der Waals surface area contributed by atoms with E-state index in [1.807, 2.05) is 4.90 Å². The van der Waals surface area contributed by atoms with Crippen molar-refractivity contribution in [2.45, 2.75) is 25.4 Å². The molecule has 0 aliphatic carbocycles. The zero-order chi connectivity index (χ0) is 19.0. The van der Waals surface area contributed by atoms with Crippen LogP contribution in [0, 0.1) is 18.2 Å². The number of hydrogen-bond donors (Lipinski definition) is 1. The van der Waals surface area contributed by atoms with Crippen LogP contribution in [0.1, 0.15) is 18.5 Å². The summed E-state index contributed by atoms with van der Waals surface area (Å²) in [6, 6.07) is 5.51. The number of anilines is 1.